The summed E-state index contributed by atoms with van der Waals surface area (Å²) in [5.74, 6) is 1.73. The van der Waals surface area contributed by atoms with E-state index in [1.54, 1.807) is 47.8 Å². The lowest BCUT2D eigenvalue weighted by molar-refractivity contribution is -0.129. The standard InChI is InChI=1S/C34H28O4S2/c1-4-33(35)37-29-14-6-25(7-15-29)27-10-18-31(19-11-27)39-22-24(3)23-40-32-20-12-28(13-21-32)26-8-16-30(17-9-26)38-34(36)5-2/h4-21H,1-3,22-23H2. The number of ether oxygens (including phenoxy) is 2. The average Bonchev–Trinajstić information content (AvgIpc) is 3.00. The molecule has 40 heavy (non-hydrogen) atoms. The van der Waals surface area contributed by atoms with Crippen LogP contribution in [-0.4, -0.2) is 23.4 Å². The van der Waals surface area contributed by atoms with Crippen LogP contribution in [-0.2, 0) is 9.59 Å². The Balaban J connectivity index is 1.22. The zero-order valence-corrected chi connectivity index (χ0v) is 23.5. The fraction of sp³-hybridized carbons (Fsp3) is 0.0588. The summed E-state index contributed by atoms with van der Waals surface area (Å²) in [4.78, 5) is 25.0. The maximum absolute atomic E-state index is 11.3. The number of benzene rings is 4. The van der Waals surface area contributed by atoms with E-state index in [9.17, 15) is 9.59 Å². The van der Waals surface area contributed by atoms with Crippen LogP contribution in [0.3, 0.4) is 0 Å². The Kier molecular flexibility index (Phi) is 10.2. The Hall–Kier alpha value is -4.26. The third-order valence-electron chi connectivity index (χ3n) is 5.74. The van der Waals surface area contributed by atoms with Crippen molar-refractivity contribution in [3.63, 3.8) is 0 Å². The van der Waals surface area contributed by atoms with Crippen molar-refractivity contribution in [1.29, 1.82) is 0 Å². The van der Waals surface area contributed by atoms with E-state index in [0.717, 1.165) is 51.5 Å². The van der Waals surface area contributed by atoms with Gasteiger partial charge in [-0.15, -0.1) is 23.5 Å². The van der Waals surface area contributed by atoms with Crippen molar-refractivity contribution in [3.05, 3.63) is 135 Å². The molecule has 0 amide bonds. The molecule has 4 aromatic rings. The van der Waals surface area contributed by atoms with Crippen LogP contribution in [0.2, 0.25) is 0 Å². The molecule has 0 aromatic heterocycles. The van der Waals surface area contributed by atoms with Gasteiger partial charge in [0.2, 0.25) is 0 Å². The molecular weight excluding hydrogens is 537 g/mol. The minimum atomic E-state index is -0.471. The van der Waals surface area contributed by atoms with Crippen LogP contribution in [0.15, 0.2) is 144 Å². The molecule has 0 radical (unpaired) electrons. The van der Waals surface area contributed by atoms with E-state index in [0.29, 0.717) is 11.5 Å². The van der Waals surface area contributed by atoms with E-state index in [2.05, 4.69) is 68.3 Å². The summed E-state index contributed by atoms with van der Waals surface area (Å²) in [5, 5.41) is 0. The summed E-state index contributed by atoms with van der Waals surface area (Å²) in [7, 11) is 0. The maximum atomic E-state index is 11.3. The molecule has 0 saturated heterocycles. The first-order valence-corrected chi connectivity index (χ1v) is 14.4. The van der Waals surface area contributed by atoms with Gasteiger partial charge >= 0.3 is 11.9 Å². The summed E-state index contributed by atoms with van der Waals surface area (Å²) in [5.41, 5.74) is 5.45. The minimum Gasteiger partial charge on any atom is -0.423 e. The van der Waals surface area contributed by atoms with Gasteiger partial charge < -0.3 is 9.47 Å². The molecule has 200 valence electrons. The molecule has 0 heterocycles. The van der Waals surface area contributed by atoms with Gasteiger partial charge in [-0.25, -0.2) is 9.59 Å². The van der Waals surface area contributed by atoms with Gasteiger partial charge in [0.05, 0.1) is 0 Å². The Labute approximate surface area is 243 Å². The van der Waals surface area contributed by atoms with Gasteiger partial charge in [0.1, 0.15) is 11.5 Å². The van der Waals surface area contributed by atoms with E-state index in [1.807, 2.05) is 24.3 Å². The lowest BCUT2D eigenvalue weighted by Gasteiger charge is -2.09. The summed E-state index contributed by atoms with van der Waals surface area (Å²) >= 11 is 3.54. The summed E-state index contributed by atoms with van der Waals surface area (Å²) in [6.45, 7) is 11.1. The van der Waals surface area contributed by atoms with Crippen molar-refractivity contribution in [2.45, 2.75) is 9.79 Å². The van der Waals surface area contributed by atoms with Crippen LogP contribution in [0.5, 0.6) is 11.5 Å². The number of hydrogen-bond acceptors (Lipinski definition) is 6. The molecule has 0 aliphatic heterocycles. The van der Waals surface area contributed by atoms with Crippen LogP contribution >= 0.6 is 23.5 Å². The van der Waals surface area contributed by atoms with Crippen LogP contribution in [0.4, 0.5) is 0 Å². The molecule has 0 unspecified atom stereocenters. The fourth-order valence-corrected chi connectivity index (χ4v) is 5.38. The smallest absolute Gasteiger partial charge is 0.335 e. The van der Waals surface area contributed by atoms with Crippen molar-refractivity contribution in [2.75, 3.05) is 11.5 Å². The van der Waals surface area contributed by atoms with Gasteiger partial charge in [0, 0.05) is 33.4 Å². The molecule has 6 heteroatoms. The second kappa shape index (κ2) is 14.2. The highest BCUT2D eigenvalue weighted by Gasteiger charge is 2.05. The zero-order chi connectivity index (χ0) is 28.3. The molecule has 4 rings (SSSR count). The lowest BCUT2D eigenvalue weighted by Crippen LogP contribution is -2.02. The molecule has 0 N–H and O–H groups in total. The summed E-state index contributed by atoms with van der Waals surface area (Å²) in [6, 6.07) is 31.6. The van der Waals surface area contributed by atoms with E-state index in [1.165, 1.54) is 9.79 Å². The van der Waals surface area contributed by atoms with Crippen LogP contribution in [0.25, 0.3) is 22.3 Å². The van der Waals surface area contributed by atoms with Crippen molar-refractivity contribution in [1.82, 2.24) is 0 Å². The number of rotatable bonds is 12. The van der Waals surface area contributed by atoms with Crippen molar-refractivity contribution < 1.29 is 19.1 Å². The Morgan fingerprint density at radius 3 is 1.15 bits per heavy atom. The van der Waals surface area contributed by atoms with Crippen LogP contribution in [0, 0.1) is 0 Å². The number of esters is 2. The van der Waals surface area contributed by atoms with E-state index < -0.39 is 11.9 Å². The van der Waals surface area contributed by atoms with Gasteiger partial charge in [0.15, 0.2) is 0 Å². The SMILES string of the molecule is C=CC(=O)Oc1ccc(-c2ccc(SCC(=C)CSc3ccc(-c4ccc(OC(=O)C=C)cc4)cc3)cc2)cc1. The Morgan fingerprint density at radius 2 is 0.850 bits per heavy atom. The van der Waals surface area contributed by atoms with Crippen molar-refractivity contribution >= 4 is 35.5 Å². The molecule has 0 saturated carbocycles. The van der Waals surface area contributed by atoms with Crippen LogP contribution < -0.4 is 9.47 Å². The molecule has 0 aliphatic carbocycles. The predicted molar refractivity (Wildman–Crippen MR) is 166 cm³/mol. The second-order valence-corrected chi connectivity index (χ2v) is 10.8. The zero-order valence-electron chi connectivity index (χ0n) is 21.9. The molecule has 0 fully saturated rings. The van der Waals surface area contributed by atoms with Gasteiger partial charge in [-0.1, -0.05) is 73.8 Å². The number of thioether (sulfide) groups is 2. The predicted octanol–water partition coefficient (Wildman–Crippen LogP) is 8.64. The highest BCUT2D eigenvalue weighted by Crippen LogP contribution is 2.30. The minimum absolute atomic E-state index is 0.471. The lowest BCUT2D eigenvalue weighted by atomic mass is 10.1. The normalized spacial score (nSPS) is 10.4. The number of carbonyl (C=O) groups is 2. The molecule has 0 aliphatic rings. The summed E-state index contributed by atoms with van der Waals surface area (Å²) in [6.07, 6.45) is 2.29. The third-order valence-corrected chi connectivity index (χ3v) is 8.06. The Morgan fingerprint density at radius 1 is 0.550 bits per heavy atom. The molecular formula is C34H28O4S2. The first-order chi connectivity index (χ1) is 19.4. The quantitative estimate of drug-likeness (QED) is 0.0564. The van der Waals surface area contributed by atoms with E-state index in [4.69, 9.17) is 9.47 Å². The largest absolute Gasteiger partial charge is 0.423 e. The summed E-state index contributed by atoms with van der Waals surface area (Å²) < 4.78 is 10.3. The number of carbonyl (C=O) groups excluding carboxylic acids is 2. The Bertz CT molecular complexity index is 1370. The average molecular weight is 565 g/mol. The molecule has 0 spiro atoms. The van der Waals surface area contributed by atoms with Gasteiger partial charge in [-0.2, -0.15) is 0 Å². The van der Waals surface area contributed by atoms with Crippen molar-refractivity contribution in [2.24, 2.45) is 0 Å². The van der Waals surface area contributed by atoms with Crippen molar-refractivity contribution in [3.8, 4) is 33.8 Å². The highest BCUT2D eigenvalue weighted by atomic mass is 32.2. The molecule has 0 atom stereocenters. The van der Waals surface area contributed by atoms with Crippen LogP contribution in [0.1, 0.15) is 0 Å². The highest BCUT2D eigenvalue weighted by molar-refractivity contribution is 8.00. The topological polar surface area (TPSA) is 52.6 Å². The van der Waals surface area contributed by atoms with E-state index >= 15 is 0 Å². The fourth-order valence-electron chi connectivity index (χ4n) is 3.65. The third kappa shape index (κ3) is 8.37. The van der Waals surface area contributed by atoms with Gasteiger partial charge in [-0.3, -0.25) is 0 Å². The molecule has 4 nitrogen and oxygen atoms in total. The first kappa shape index (κ1) is 28.7. The van der Waals surface area contributed by atoms with Gasteiger partial charge in [0.25, 0.3) is 0 Å². The molecule has 0 bridgehead atoms. The monoisotopic (exact) mass is 564 g/mol. The van der Waals surface area contributed by atoms with E-state index in [-0.39, 0.29) is 0 Å². The number of hydrogen-bond donors (Lipinski definition) is 0. The maximum Gasteiger partial charge on any atom is 0.335 e. The molecule has 4 aromatic carbocycles. The first-order valence-electron chi connectivity index (χ1n) is 12.5. The van der Waals surface area contributed by atoms with Gasteiger partial charge in [-0.05, 0) is 70.8 Å². The second-order valence-electron chi connectivity index (χ2n) is 8.68.